The van der Waals surface area contributed by atoms with Crippen LogP contribution in [0.3, 0.4) is 0 Å². The first kappa shape index (κ1) is 25.5. The van der Waals surface area contributed by atoms with Crippen molar-refractivity contribution in [1.29, 1.82) is 0 Å². The largest absolute Gasteiger partial charge is 0.493 e. The number of esters is 3. The Labute approximate surface area is 188 Å². The summed E-state index contributed by atoms with van der Waals surface area (Å²) in [6.07, 6.45) is 0.878. The molecule has 1 aromatic carbocycles. The number of rotatable bonds is 10. The molecule has 1 atom stereocenters. The summed E-state index contributed by atoms with van der Waals surface area (Å²) in [6.45, 7) is 4.30. The molecule has 0 spiro atoms. The van der Waals surface area contributed by atoms with Crippen LogP contribution < -0.4 is 9.47 Å². The molecule has 178 valence electrons. The summed E-state index contributed by atoms with van der Waals surface area (Å²) in [4.78, 5) is 39.9. The maximum absolute atomic E-state index is 12.7. The van der Waals surface area contributed by atoms with E-state index in [1.807, 2.05) is 17.0 Å². The van der Waals surface area contributed by atoms with Gasteiger partial charge in [0.25, 0.3) is 0 Å². The molecule has 0 aliphatic carbocycles. The predicted octanol–water partition coefficient (Wildman–Crippen LogP) is 2.30. The van der Waals surface area contributed by atoms with Crippen LogP contribution in [0, 0.1) is 5.41 Å². The van der Waals surface area contributed by atoms with E-state index < -0.39 is 23.4 Å². The summed E-state index contributed by atoms with van der Waals surface area (Å²) in [6, 6.07) is 3.31. The van der Waals surface area contributed by atoms with Crippen LogP contribution >= 0.6 is 0 Å². The minimum Gasteiger partial charge on any atom is -0.493 e. The van der Waals surface area contributed by atoms with Crippen molar-refractivity contribution in [2.45, 2.75) is 39.2 Å². The fraction of sp³-hybridized carbons (Fsp3) is 0.609. The van der Waals surface area contributed by atoms with E-state index >= 15 is 0 Å². The normalized spacial score (nSPS) is 16.0. The highest BCUT2D eigenvalue weighted by Gasteiger charge is 2.49. The smallest absolute Gasteiger partial charge is 0.324 e. The second-order valence-electron chi connectivity index (χ2n) is 7.57. The van der Waals surface area contributed by atoms with Crippen LogP contribution in [0.1, 0.15) is 43.9 Å². The van der Waals surface area contributed by atoms with Crippen molar-refractivity contribution in [3.05, 3.63) is 23.3 Å². The van der Waals surface area contributed by atoms with Gasteiger partial charge < -0.3 is 23.7 Å². The van der Waals surface area contributed by atoms with Gasteiger partial charge in [-0.25, -0.2) is 0 Å². The van der Waals surface area contributed by atoms with Gasteiger partial charge in [0, 0.05) is 19.1 Å². The standard InChI is InChI=1S/C23H33NO8/c1-7-23(21(26)30-5,22(27)31-6)14-24-10-9-15-11-18(28-3)19(29-4)12-16(15)17(24)13-20(25)32-8-2/h11-12,17H,7-10,13-14H2,1-6H3. The Morgan fingerprint density at radius 3 is 2.09 bits per heavy atom. The number of carbonyl (C=O) groups excluding carboxylic acids is 3. The monoisotopic (exact) mass is 451 g/mol. The Bertz CT molecular complexity index is 822. The third-order valence-corrected chi connectivity index (χ3v) is 6.01. The van der Waals surface area contributed by atoms with Crippen LogP contribution in [0.15, 0.2) is 12.1 Å². The Morgan fingerprint density at radius 1 is 1.00 bits per heavy atom. The lowest BCUT2D eigenvalue weighted by molar-refractivity contribution is -0.171. The zero-order valence-electron chi connectivity index (χ0n) is 19.7. The fourth-order valence-electron chi connectivity index (χ4n) is 4.24. The molecule has 1 unspecified atom stereocenters. The number of benzene rings is 1. The second-order valence-corrected chi connectivity index (χ2v) is 7.57. The number of hydrogen-bond donors (Lipinski definition) is 0. The maximum Gasteiger partial charge on any atom is 0.324 e. The number of carbonyl (C=O) groups is 3. The predicted molar refractivity (Wildman–Crippen MR) is 116 cm³/mol. The van der Waals surface area contributed by atoms with Crippen LogP contribution in [0.2, 0.25) is 0 Å². The van der Waals surface area contributed by atoms with Crippen molar-refractivity contribution in [1.82, 2.24) is 4.90 Å². The maximum atomic E-state index is 12.7. The summed E-state index contributed by atoms with van der Waals surface area (Å²) in [5.74, 6) is -0.575. The molecule has 1 aliphatic rings. The molecular weight excluding hydrogens is 418 g/mol. The lowest BCUT2D eigenvalue weighted by Gasteiger charge is -2.41. The van der Waals surface area contributed by atoms with E-state index in [-0.39, 0.29) is 32.0 Å². The molecule has 1 heterocycles. The first-order chi connectivity index (χ1) is 15.3. The van der Waals surface area contributed by atoms with Crippen LogP contribution in [0.4, 0.5) is 0 Å². The van der Waals surface area contributed by atoms with E-state index in [1.54, 1.807) is 28.1 Å². The molecule has 0 radical (unpaired) electrons. The molecule has 9 nitrogen and oxygen atoms in total. The van der Waals surface area contributed by atoms with E-state index in [9.17, 15) is 14.4 Å². The van der Waals surface area contributed by atoms with Crippen LogP contribution in [-0.4, -0.2) is 70.9 Å². The number of nitrogens with zero attached hydrogens (tertiary/aromatic N) is 1. The molecule has 1 aromatic rings. The van der Waals surface area contributed by atoms with Crippen LogP contribution in [0.5, 0.6) is 11.5 Å². The van der Waals surface area contributed by atoms with Gasteiger partial charge in [0.15, 0.2) is 16.9 Å². The number of methoxy groups -OCH3 is 4. The lowest BCUT2D eigenvalue weighted by atomic mass is 9.81. The molecule has 9 heteroatoms. The van der Waals surface area contributed by atoms with E-state index in [2.05, 4.69) is 0 Å². The molecule has 0 amide bonds. The van der Waals surface area contributed by atoms with Crippen molar-refractivity contribution in [2.24, 2.45) is 5.41 Å². The Balaban J connectivity index is 2.54. The minimum atomic E-state index is -1.51. The lowest BCUT2D eigenvalue weighted by Crippen LogP contribution is -2.52. The van der Waals surface area contributed by atoms with Crippen molar-refractivity contribution >= 4 is 17.9 Å². The van der Waals surface area contributed by atoms with Gasteiger partial charge in [-0.2, -0.15) is 0 Å². The third-order valence-electron chi connectivity index (χ3n) is 6.01. The van der Waals surface area contributed by atoms with Gasteiger partial charge in [-0.1, -0.05) is 6.92 Å². The average Bonchev–Trinajstić information content (AvgIpc) is 2.81. The molecule has 0 N–H and O–H groups in total. The summed E-state index contributed by atoms with van der Waals surface area (Å²) >= 11 is 0. The number of ether oxygens (including phenoxy) is 5. The topological polar surface area (TPSA) is 101 Å². The van der Waals surface area contributed by atoms with Gasteiger partial charge in [-0.3, -0.25) is 19.3 Å². The molecule has 0 saturated heterocycles. The summed E-state index contributed by atoms with van der Waals surface area (Å²) in [5.41, 5.74) is 0.359. The molecule has 2 rings (SSSR count). The quantitative estimate of drug-likeness (QED) is 0.301. The molecule has 1 aliphatic heterocycles. The van der Waals surface area contributed by atoms with Gasteiger partial charge in [0.2, 0.25) is 0 Å². The Kier molecular flexibility index (Phi) is 8.89. The highest BCUT2D eigenvalue weighted by Crippen LogP contribution is 2.41. The molecular formula is C23H33NO8. The number of fused-ring (bicyclic) bond motifs is 1. The Morgan fingerprint density at radius 2 is 1.59 bits per heavy atom. The van der Waals surface area contributed by atoms with Gasteiger partial charge in [0.05, 0.1) is 41.5 Å². The number of hydrogen-bond acceptors (Lipinski definition) is 9. The highest BCUT2D eigenvalue weighted by atomic mass is 16.5. The second kappa shape index (κ2) is 11.2. The highest BCUT2D eigenvalue weighted by molar-refractivity contribution is 6.00. The van der Waals surface area contributed by atoms with Gasteiger partial charge in [-0.05, 0) is 43.0 Å². The van der Waals surface area contributed by atoms with E-state index in [4.69, 9.17) is 23.7 Å². The summed E-state index contributed by atoms with van der Waals surface area (Å²) in [7, 11) is 5.60. The molecule has 0 saturated carbocycles. The van der Waals surface area contributed by atoms with E-state index in [0.29, 0.717) is 24.5 Å². The molecule has 0 aromatic heterocycles. The summed E-state index contributed by atoms with van der Waals surface area (Å²) < 4.78 is 26.0. The minimum absolute atomic E-state index is 0.0424. The fourth-order valence-corrected chi connectivity index (χ4v) is 4.24. The van der Waals surface area contributed by atoms with E-state index in [0.717, 1.165) is 11.1 Å². The van der Waals surface area contributed by atoms with Gasteiger partial charge in [0.1, 0.15) is 0 Å². The Hall–Kier alpha value is -2.81. The van der Waals surface area contributed by atoms with Crippen molar-refractivity contribution in [2.75, 3.05) is 48.1 Å². The van der Waals surface area contributed by atoms with Crippen molar-refractivity contribution in [3.8, 4) is 11.5 Å². The molecule has 32 heavy (non-hydrogen) atoms. The third kappa shape index (κ3) is 4.98. The zero-order chi connectivity index (χ0) is 23.9. The molecule has 0 bridgehead atoms. The van der Waals surface area contributed by atoms with Gasteiger partial charge in [-0.15, -0.1) is 0 Å². The van der Waals surface area contributed by atoms with Gasteiger partial charge >= 0.3 is 17.9 Å². The van der Waals surface area contributed by atoms with Crippen molar-refractivity contribution < 1.29 is 38.1 Å². The van der Waals surface area contributed by atoms with E-state index in [1.165, 1.54) is 14.2 Å². The zero-order valence-corrected chi connectivity index (χ0v) is 19.7. The van der Waals surface area contributed by atoms with Crippen LogP contribution in [-0.2, 0) is 35.0 Å². The molecule has 0 fully saturated rings. The first-order valence-electron chi connectivity index (χ1n) is 10.6. The first-order valence-corrected chi connectivity index (χ1v) is 10.6. The van der Waals surface area contributed by atoms with Crippen LogP contribution in [0.25, 0.3) is 0 Å². The SMILES string of the molecule is CCOC(=O)CC1c2cc(OC)c(OC)cc2CCN1CC(CC)(C(=O)OC)C(=O)OC. The van der Waals surface area contributed by atoms with Crippen molar-refractivity contribution in [3.63, 3.8) is 0 Å². The summed E-state index contributed by atoms with van der Waals surface area (Å²) in [5, 5.41) is 0. The average molecular weight is 452 g/mol.